The summed E-state index contributed by atoms with van der Waals surface area (Å²) >= 11 is 6.10. The van der Waals surface area contributed by atoms with Gasteiger partial charge in [-0.1, -0.05) is 37.1 Å². The summed E-state index contributed by atoms with van der Waals surface area (Å²) in [4.78, 5) is 0. The molecule has 90 valence electrons. The first-order valence-electron chi connectivity index (χ1n) is 5.94. The Morgan fingerprint density at radius 3 is 2.56 bits per heavy atom. The minimum absolute atomic E-state index is 0.201. The van der Waals surface area contributed by atoms with E-state index in [1.165, 1.54) is 18.4 Å². The molecule has 0 heterocycles. The zero-order valence-electron chi connectivity index (χ0n) is 10.7. The maximum Gasteiger partial charge on any atom is 0.0438 e. The van der Waals surface area contributed by atoms with Crippen LogP contribution in [0.3, 0.4) is 0 Å². The summed E-state index contributed by atoms with van der Waals surface area (Å²) < 4.78 is 0. The summed E-state index contributed by atoms with van der Waals surface area (Å²) in [5.41, 5.74) is 2.59. The molecule has 0 spiro atoms. The zero-order chi connectivity index (χ0) is 12.2. The molecule has 2 heteroatoms. The van der Waals surface area contributed by atoms with Crippen molar-refractivity contribution in [3.63, 3.8) is 0 Å². The van der Waals surface area contributed by atoms with Gasteiger partial charge in [0.25, 0.3) is 0 Å². The highest BCUT2D eigenvalue weighted by Gasteiger charge is 2.15. The Balaban J connectivity index is 2.57. The van der Waals surface area contributed by atoms with E-state index in [4.69, 9.17) is 11.6 Å². The molecule has 0 fully saturated rings. The van der Waals surface area contributed by atoms with Crippen molar-refractivity contribution >= 4 is 11.6 Å². The van der Waals surface area contributed by atoms with Crippen LogP contribution in [0.5, 0.6) is 0 Å². The fourth-order valence-corrected chi connectivity index (χ4v) is 2.00. The molecule has 0 aliphatic heterocycles. The maximum absolute atomic E-state index is 6.10. The van der Waals surface area contributed by atoms with Crippen molar-refractivity contribution in [2.24, 2.45) is 0 Å². The number of halogens is 1. The lowest BCUT2D eigenvalue weighted by Crippen LogP contribution is -2.38. The van der Waals surface area contributed by atoms with Gasteiger partial charge in [0.1, 0.15) is 0 Å². The average Bonchev–Trinajstić information content (AvgIpc) is 2.20. The van der Waals surface area contributed by atoms with Crippen molar-refractivity contribution < 1.29 is 0 Å². The summed E-state index contributed by atoms with van der Waals surface area (Å²) in [5, 5.41) is 4.42. The Morgan fingerprint density at radius 1 is 1.31 bits per heavy atom. The molecule has 0 radical (unpaired) electrons. The van der Waals surface area contributed by atoms with Gasteiger partial charge in [0.05, 0.1) is 0 Å². The first-order valence-corrected chi connectivity index (χ1v) is 6.32. The van der Waals surface area contributed by atoms with E-state index < -0.39 is 0 Å². The van der Waals surface area contributed by atoms with E-state index in [1.54, 1.807) is 0 Å². The third kappa shape index (κ3) is 4.15. The predicted octanol–water partition coefficient (Wildman–Crippen LogP) is 4.32. The molecule has 0 aliphatic carbocycles. The zero-order valence-corrected chi connectivity index (χ0v) is 11.5. The van der Waals surface area contributed by atoms with Gasteiger partial charge in [-0.3, -0.25) is 0 Å². The largest absolute Gasteiger partial charge is 0.308 e. The molecule has 1 aromatic rings. The summed E-state index contributed by atoms with van der Waals surface area (Å²) in [6.45, 7) is 9.61. The molecule has 1 rings (SSSR count). The van der Waals surface area contributed by atoms with Gasteiger partial charge < -0.3 is 5.32 Å². The Bertz CT molecular complexity index is 345. The van der Waals surface area contributed by atoms with Gasteiger partial charge in [-0.15, -0.1) is 0 Å². The molecule has 16 heavy (non-hydrogen) atoms. The lowest BCUT2D eigenvalue weighted by molar-refractivity contribution is 0.357. The number of nitrogens with one attached hydrogen (secondary N) is 1. The number of aryl methyl sites for hydroxylation is 1. The lowest BCUT2D eigenvalue weighted by Gasteiger charge is -2.26. The Kier molecular flexibility index (Phi) is 4.82. The highest BCUT2D eigenvalue weighted by molar-refractivity contribution is 6.31. The van der Waals surface area contributed by atoms with Crippen molar-refractivity contribution in [3.8, 4) is 0 Å². The molecule has 1 N–H and O–H groups in total. The van der Waals surface area contributed by atoms with Crippen LogP contribution < -0.4 is 5.32 Å². The SMILES string of the molecule is CCCC(C)(C)NCc1ccc(C)c(Cl)c1. The molecular weight excluding hydrogens is 218 g/mol. The van der Waals surface area contributed by atoms with Gasteiger partial charge in [-0.05, 0) is 44.4 Å². The summed E-state index contributed by atoms with van der Waals surface area (Å²) in [7, 11) is 0. The van der Waals surface area contributed by atoms with Gasteiger partial charge in [-0.2, -0.15) is 0 Å². The van der Waals surface area contributed by atoms with Crippen LogP contribution in [0, 0.1) is 6.92 Å². The van der Waals surface area contributed by atoms with E-state index in [9.17, 15) is 0 Å². The van der Waals surface area contributed by atoms with Crippen LogP contribution in [-0.4, -0.2) is 5.54 Å². The standard InChI is InChI=1S/C14H22ClN/c1-5-8-14(3,4)16-10-12-7-6-11(2)13(15)9-12/h6-7,9,16H,5,8,10H2,1-4H3. The second kappa shape index (κ2) is 5.70. The fraction of sp³-hybridized carbons (Fsp3) is 0.571. The summed E-state index contributed by atoms with van der Waals surface area (Å²) in [6, 6.07) is 6.26. The molecule has 0 aromatic heterocycles. The van der Waals surface area contributed by atoms with Crippen LogP contribution in [0.25, 0.3) is 0 Å². The van der Waals surface area contributed by atoms with Crippen molar-refractivity contribution in [1.82, 2.24) is 5.32 Å². The third-order valence-electron chi connectivity index (χ3n) is 2.88. The van der Waals surface area contributed by atoms with E-state index in [-0.39, 0.29) is 5.54 Å². The fourth-order valence-electron chi connectivity index (χ4n) is 1.80. The first kappa shape index (κ1) is 13.5. The predicted molar refractivity (Wildman–Crippen MR) is 72.0 cm³/mol. The topological polar surface area (TPSA) is 12.0 Å². The minimum Gasteiger partial charge on any atom is -0.308 e. The molecule has 0 amide bonds. The van der Waals surface area contributed by atoms with Crippen LogP contribution >= 0.6 is 11.6 Å². The molecular formula is C14H22ClN. The normalized spacial score (nSPS) is 11.8. The molecule has 1 nitrogen and oxygen atoms in total. The van der Waals surface area contributed by atoms with Gasteiger partial charge in [0.15, 0.2) is 0 Å². The maximum atomic E-state index is 6.10. The van der Waals surface area contributed by atoms with Gasteiger partial charge >= 0.3 is 0 Å². The molecule has 0 saturated carbocycles. The number of benzene rings is 1. The van der Waals surface area contributed by atoms with E-state index in [0.717, 1.165) is 17.1 Å². The van der Waals surface area contributed by atoms with E-state index >= 15 is 0 Å². The van der Waals surface area contributed by atoms with E-state index in [2.05, 4.69) is 38.2 Å². The summed E-state index contributed by atoms with van der Waals surface area (Å²) in [5.74, 6) is 0. The monoisotopic (exact) mass is 239 g/mol. The summed E-state index contributed by atoms with van der Waals surface area (Å²) in [6.07, 6.45) is 2.39. The molecule has 0 bridgehead atoms. The average molecular weight is 240 g/mol. The number of rotatable bonds is 5. The number of hydrogen-bond acceptors (Lipinski definition) is 1. The molecule has 0 saturated heterocycles. The smallest absolute Gasteiger partial charge is 0.0438 e. The quantitative estimate of drug-likeness (QED) is 0.807. The Morgan fingerprint density at radius 2 is 2.00 bits per heavy atom. The van der Waals surface area contributed by atoms with Gasteiger partial charge in [0, 0.05) is 17.1 Å². The second-order valence-electron chi connectivity index (χ2n) is 5.07. The number of hydrogen-bond donors (Lipinski definition) is 1. The van der Waals surface area contributed by atoms with E-state index in [0.29, 0.717) is 0 Å². The minimum atomic E-state index is 0.201. The Hall–Kier alpha value is -0.530. The lowest BCUT2D eigenvalue weighted by atomic mass is 9.98. The van der Waals surface area contributed by atoms with E-state index in [1.807, 2.05) is 13.0 Å². The first-order chi connectivity index (χ1) is 7.44. The van der Waals surface area contributed by atoms with Crippen molar-refractivity contribution in [3.05, 3.63) is 34.3 Å². The van der Waals surface area contributed by atoms with Crippen molar-refractivity contribution in [1.29, 1.82) is 0 Å². The van der Waals surface area contributed by atoms with Gasteiger partial charge in [0.2, 0.25) is 0 Å². The molecule has 1 aromatic carbocycles. The second-order valence-corrected chi connectivity index (χ2v) is 5.48. The highest BCUT2D eigenvalue weighted by Crippen LogP contribution is 2.18. The molecule has 0 atom stereocenters. The highest BCUT2D eigenvalue weighted by atomic mass is 35.5. The van der Waals surface area contributed by atoms with Crippen LogP contribution in [0.4, 0.5) is 0 Å². The van der Waals surface area contributed by atoms with Crippen molar-refractivity contribution in [2.45, 2.75) is 52.6 Å². The van der Waals surface area contributed by atoms with Crippen molar-refractivity contribution in [2.75, 3.05) is 0 Å². The van der Waals surface area contributed by atoms with Crippen LogP contribution in [0.2, 0.25) is 5.02 Å². The van der Waals surface area contributed by atoms with Crippen LogP contribution in [0.1, 0.15) is 44.7 Å². The molecule has 0 aliphatic rings. The third-order valence-corrected chi connectivity index (χ3v) is 3.29. The van der Waals surface area contributed by atoms with Crippen LogP contribution in [0.15, 0.2) is 18.2 Å². The molecule has 0 unspecified atom stereocenters. The van der Waals surface area contributed by atoms with Gasteiger partial charge in [-0.25, -0.2) is 0 Å². The Labute approximate surface area is 104 Å². The van der Waals surface area contributed by atoms with Crippen LogP contribution in [-0.2, 0) is 6.54 Å².